The standard InChI is InChI=1S/C17H22F2N2O.ClH/c18-17(19,13-7-2-1-3-8-13)16(22)21-15-11-5-4-6-12(15)10-14(20)9-11;/h1-3,7-8,11-12,14-15H,4-6,9-10,20H2,(H,21,22);1H. The Labute approximate surface area is 141 Å². The molecule has 0 spiro atoms. The van der Waals surface area contributed by atoms with Crippen molar-refractivity contribution in [2.24, 2.45) is 17.6 Å². The molecule has 2 aliphatic rings. The summed E-state index contributed by atoms with van der Waals surface area (Å²) in [7, 11) is 0. The monoisotopic (exact) mass is 344 g/mol. The number of nitrogens with one attached hydrogen (secondary N) is 1. The fraction of sp³-hybridized carbons (Fsp3) is 0.588. The van der Waals surface area contributed by atoms with Gasteiger partial charge in [0.1, 0.15) is 0 Å². The van der Waals surface area contributed by atoms with Crippen LogP contribution in [0.25, 0.3) is 0 Å². The number of hydrogen-bond acceptors (Lipinski definition) is 2. The maximum atomic E-state index is 14.3. The molecule has 0 aromatic heterocycles. The molecule has 6 heteroatoms. The zero-order valence-electron chi connectivity index (χ0n) is 12.9. The molecule has 0 heterocycles. The van der Waals surface area contributed by atoms with Crippen molar-refractivity contribution in [3.8, 4) is 0 Å². The first kappa shape index (κ1) is 18.1. The molecule has 3 nitrogen and oxygen atoms in total. The largest absolute Gasteiger partial charge is 0.349 e. The van der Waals surface area contributed by atoms with E-state index in [0.29, 0.717) is 0 Å². The lowest BCUT2D eigenvalue weighted by Crippen LogP contribution is -2.56. The Morgan fingerprint density at radius 2 is 1.70 bits per heavy atom. The average molecular weight is 345 g/mol. The molecule has 0 aliphatic heterocycles. The number of amides is 1. The minimum atomic E-state index is -3.49. The van der Waals surface area contributed by atoms with E-state index in [2.05, 4.69) is 5.32 Å². The minimum absolute atomic E-state index is 0. The fourth-order valence-electron chi connectivity index (χ4n) is 4.05. The Bertz CT molecular complexity index is 527. The van der Waals surface area contributed by atoms with Gasteiger partial charge in [-0.2, -0.15) is 8.78 Å². The predicted molar refractivity (Wildman–Crippen MR) is 87.6 cm³/mol. The van der Waals surface area contributed by atoms with Crippen LogP contribution in [0.15, 0.2) is 30.3 Å². The molecule has 2 bridgehead atoms. The molecular weight excluding hydrogens is 322 g/mol. The van der Waals surface area contributed by atoms with E-state index in [4.69, 9.17) is 5.73 Å². The lowest BCUT2D eigenvalue weighted by atomic mass is 9.67. The van der Waals surface area contributed by atoms with Crippen LogP contribution in [-0.2, 0) is 10.7 Å². The fourth-order valence-corrected chi connectivity index (χ4v) is 4.05. The number of benzene rings is 1. The summed E-state index contributed by atoms with van der Waals surface area (Å²) in [6, 6.07) is 7.25. The van der Waals surface area contributed by atoms with Crippen LogP contribution in [0.3, 0.4) is 0 Å². The normalized spacial score (nSPS) is 30.2. The lowest BCUT2D eigenvalue weighted by molar-refractivity contribution is -0.149. The smallest absolute Gasteiger partial charge is 0.347 e. The molecule has 3 N–H and O–H groups in total. The van der Waals surface area contributed by atoms with E-state index < -0.39 is 11.8 Å². The third-order valence-corrected chi connectivity index (χ3v) is 5.10. The highest BCUT2D eigenvalue weighted by atomic mass is 35.5. The van der Waals surface area contributed by atoms with Gasteiger partial charge in [0.15, 0.2) is 0 Å². The van der Waals surface area contributed by atoms with Crippen molar-refractivity contribution in [2.45, 2.75) is 50.1 Å². The summed E-state index contributed by atoms with van der Waals surface area (Å²) in [4.78, 5) is 12.2. The molecule has 2 fully saturated rings. The molecule has 3 rings (SSSR count). The number of hydrogen-bond donors (Lipinski definition) is 2. The maximum absolute atomic E-state index is 14.3. The first-order valence-corrected chi connectivity index (χ1v) is 7.98. The first-order chi connectivity index (χ1) is 10.5. The van der Waals surface area contributed by atoms with Crippen LogP contribution in [0.4, 0.5) is 8.78 Å². The Morgan fingerprint density at radius 3 is 2.26 bits per heavy atom. The van der Waals surface area contributed by atoms with Crippen LogP contribution in [0, 0.1) is 11.8 Å². The topological polar surface area (TPSA) is 55.1 Å². The summed E-state index contributed by atoms with van der Waals surface area (Å²) < 4.78 is 28.6. The molecule has 2 unspecified atom stereocenters. The molecule has 1 amide bonds. The number of nitrogens with two attached hydrogens (primary N) is 1. The zero-order chi connectivity index (χ0) is 15.7. The van der Waals surface area contributed by atoms with Crippen LogP contribution in [0.1, 0.15) is 37.7 Å². The molecule has 128 valence electrons. The van der Waals surface area contributed by atoms with Crippen LogP contribution in [0.2, 0.25) is 0 Å². The van der Waals surface area contributed by atoms with E-state index in [9.17, 15) is 13.6 Å². The van der Waals surface area contributed by atoms with Gasteiger partial charge in [-0.1, -0.05) is 36.8 Å². The van der Waals surface area contributed by atoms with E-state index in [1.807, 2.05) is 0 Å². The van der Waals surface area contributed by atoms with Crippen molar-refractivity contribution in [1.29, 1.82) is 0 Å². The van der Waals surface area contributed by atoms with Gasteiger partial charge >= 0.3 is 5.92 Å². The van der Waals surface area contributed by atoms with Crippen LogP contribution < -0.4 is 11.1 Å². The molecule has 1 aromatic rings. The summed E-state index contributed by atoms with van der Waals surface area (Å²) in [6.45, 7) is 0. The third-order valence-electron chi connectivity index (χ3n) is 5.10. The van der Waals surface area contributed by atoms with Gasteiger partial charge in [-0.25, -0.2) is 0 Å². The van der Waals surface area contributed by atoms with E-state index in [1.54, 1.807) is 6.07 Å². The number of carbonyl (C=O) groups excluding carboxylic acids is 1. The number of fused-ring (bicyclic) bond motifs is 2. The predicted octanol–water partition coefficient (Wildman–Crippen LogP) is 3.22. The molecule has 2 aliphatic carbocycles. The third kappa shape index (κ3) is 3.66. The highest BCUT2D eigenvalue weighted by Gasteiger charge is 2.46. The second-order valence-electron chi connectivity index (χ2n) is 6.62. The van der Waals surface area contributed by atoms with Crippen molar-refractivity contribution < 1.29 is 13.6 Å². The van der Waals surface area contributed by atoms with Gasteiger partial charge < -0.3 is 11.1 Å². The quantitative estimate of drug-likeness (QED) is 0.884. The lowest BCUT2D eigenvalue weighted by Gasteiger charge is -2.45. The van der Waals surface area contributed by atoms with Gasteiger partial charge in [-0.15, -0.1) is 12.4 Å². The summed E-state index contributed by atoms with van der Waals surface area (Å²) in [5, 5.41) is 2.64. The summed E-state index contributed by atoms with van der Waals surface area (Å²) in [5.74, 6) is -4.21. The highest BCUT2D eigenvalue weighted by molar-refractivity contribution is 5.85. The summed E-state index contributed by atoms with van der Waals surface area (Å²) in [5.41, 5.74) is 5.77. The van der Waals surface area contributed by atoms with E-state index >= 15 is 0 Å². The van der Waals surface area contributed by atoms with Gasteiger partial charge in [0.2, 0.25) is 0 Å². The van der Waals surface area contributed by atoms with Crippen LogP contribution >= 0.6 is 12.4 Å². The molecule has 2 saturated carbocycles. The molecular formula is C17H23ClF2N2O. The number of rotatable bonds is 3. The van der Waals surface area contributed by atoms with Crippen LogP contribution in [-0.4, -0.2) is 18.0 Å². The van der Waals surface area contributed by atoms with E-state index in [-0.39, 0.29) is 41.9 Å². The van der Waals surface area contributed by atoms with Gasteiger partial charge in [-0.05, 0) is 37.5 Å². The molecule has 23 heavy (non-hydrogen) atoms. The second-order valence-corrected chi connectivity index (χ2v) is 6.62. The Morgan fingerprint density at radius 1 is 1.13 bits per heavy atom. The van der Waals surface area contributed by atoms with Crippen molar-refractivity contribution in [1.82, 2.24) is 5.32 Å². The van der Waals surface area contributed by atoms with Gasteiger partial charge in [-0.3, -0.25) is 4.79 Å². The number of alkyl halides is 2. The molecule has 2 atom stereocenters. The van der Waals surface area contributed by atoms with Crippen molar-refractivity contribution >= 4 is 18.3 Å². The molecule has 0 saturated heterocycles. The van der Waals surface area contributed by atoms with Crippen molar-refractivity contribution in [3.05, 3.63) is 35.9 Å². The van der Waals surface area contributed by atoms with E-state index in [1.165, 1.54) is 24.3 Å². The van der Waals surface area contributed by atoms with Gasteiger partial charge in [0, 0.05) is 17.6 Å². The Kier molecular flexibility index (Phi) is 5.63. The van der Waals surface area contributed by atoms with Gasteiger partial charge in [0.25, 0.3) is 5.91 Å². The number of carbonyl (C=O) groups is 1. The average Bonchev–Trinajstić information content (AvgIpc) is 2.49. The summed E-state index contributed by atoms with van der Waals surface area (Å²) >= 11 is 0. The van der Waals surface area contributed by atoms with Crippen molar-refractivity contribution in [3.63, 3.8) is 0 Å². The van der Waals surface area contributed by atoms with Crippen molar-refractivity contribution in [2.75, 3.05) is 0 Å². The second kappa shape index (κ2) is 7.14. The molecule has 0 radical (unpaired) electrons. The SMILES string of the molecule is Cl.NC1CC2CCCC(C1)C2NC(=O)C(F)(F)c1ccccc1. The van der Waals surface area contributed by atoms with Gasteiger partial charge in [0.05, 0.1) is 0 Å². The Balaban J connectivity index is 0.00000192. The first-order valence-electron chi connectivity index (χ1n) is 7.98. The van der Waals surface area contributed by atoms with Crippen LogP contribution in [0.5, 0.6) is 0 Å². The zero-order valence-corrected chi connectivity index (χ0v) is 13.7. The Hall–Kier alpha value is -1.20. The molecule has 1 aromatic carbocycles. The van der Waals surface area contributed by atoms with E-state index in [0.717, 1.165) is 32.1 Å². The number of halogens is 3. The minimum Gasteiger partial charge on any atom is -0.347 e. The highest BCUT2D eigenvalue weighted by Crippen LogP contribution is 2.40. The maximum Gasteiger partial charge on any atom is 0.349 e. The summed E-state index contributed by atoms with van der Waals surface area (Å²) in [6.07, 6.45) is 4.67.